The second-order valence-electron chi connectivity index (χ2n) is 15.9. The van der Waals surface area contributed by atoms with E-state index in [1.807, 2.05) is 45.9 Å². The lowest BCUT2D eigenvalue weighted by atomic mass is 9.93. The number of ether oxygens (including phenoxy) is 1. The van der Waals surface area contributed by atoms with E-state index in [9.17, 15) is 24.0 Å². The van der Waals surface area contributed by atoms with Gasteiger partial charge in [-0.25, -0.2) is 14.4 Å². The van der Waals surface area contributed by atoms with Crippen LogP contribution in [0.15, 0.2) is 76.2 Å². The van der Waals surface area contributed by atoms with E-state index in [1.54, 1.807) is 39.0 Å². The Morgan fingerprint density at radius 3 is 1.57 bits per heavy atom. The molecule has 0 fully saturated rings. The standard InChI is InChI=1S/C23H26Cl2N4O5.C19H19Cl2N3O3/c1-12(2)15-6-13(26-10-19(15)30)7-16-17(24)8-14(9-18(16)25)29(22(32)33-23(3,4)5)11-20-27-21(31)34-28-20;1-10(2)13-7-12(22-9-17(13)25)8-14-15(20)5-11(6-16(14)21)3-4-18-23-19(26)27-24-18/h6,8-9,12H,7,10-11H2,1-5H3,(H,27,28,31);5-7,10H,3-4,8-9H2,1-2H3,(H,23,24,26). The molecule has 2 aromatic carbocycles. The number of ketones is 2. The van der Waals surface area contributed by atoms with E-state index in [1.165, 1.54) is 4.90 Å². The smallest absolute Gasteiger partial charge is 0.438 e. The van der Waals surface area contributed by atoms with E-state index in [0.717, 1.165) is 22.4 Å². The van der Waals surface area contributed by atoms with Gasteiger partial charge in [-0.3, -0.25) is 43.5 Å². The van der Waals surface area contributed by atoms with E-state index in [2.05, 4.69) is 39.3 Å². The summed E-state index contributed by atoms with van der Waals surface area (Å²) in [6, 6.07) is 6.85. The molecule has 0 atom stereocenters. The number of nitrogens with zero attached hydrogens (tertiary/aromatic N) is 5. The summed E-state index contributed by atoms with van der Waals surface area (Å²) < 4.78 is 14.5. The maximum absolute atomic E-state index is 12.9. The molecule has 4 aromatic rings. The van der Waals surface area contributed by atoms with Crippen LogP contribution in [-0.4, -0.2) is 68.1 Å². The Bertz CT molecular complexity index is 2510. The molecule has 6 rings (SSSR count). The molecule has 2 N–H and O–H groups in total. The highest BCUT2D eigenvalue weighted by Gasteiger charge is 2.27. The predicted octanol–water partition coefficient (Wildman–Crippen LogP) is 8.36. The number of amides is 1. The quantitative estimate of drug-likeness (QED) is 0.139. The molecule has 2 aliphatic rings. The van der Waals surface area contributed by atoms with Crippen LogP contribution in [-0.2, 0) is 46.6 Å². The van der Waals surface area contributed by atoms with Crippen LogP contribution in [0.25, 0.3) is 0 Å². The van der Waals surface area contributed by atoms with Crippen molar-refractivity contribution in [2.24, 2.45) is 21.8 Å². The van der Waals surface area contributed by atoms with Crippen LogP contribution in [0.4, 0.5) is 10.5 Å². The van der Waals surface area contributed by atoms with Crippen molar-refractivity contribution in [2.75, 3.05) is 18.0 Å². The van der Waals surface area contributed by atoms with E-state index >= 15 is 0 Å². The monoisotopic (exact) mass is 915 g/mol. The highest BCUT2D eigenvalue weighted by molar-refractivity contribution is 6.37. The van der Waals surface area contributed by atoms with Crippen molar-refractivity contribution < 1.29 is 28.2 Å². The van der Waals surface area contributed by atoms with Gasteiger partial charge >= 0.3 is 17.6 Å². The Labute approximate surface area is 371 Å². The summed E-state index contributed by atoms with van der Waals surface area (Å²) in [6.45, 7) is 13.2. The number of rotatable bonds is 12. The van der Waals surface area contributed by atoms with Crippen LogP contribution in [0.5, 0.6) is 0 Å². The van der Waals surface area contributed by atoms with Gasteiger partial charge in [0.15, 0.2) is 23.2 Å². The van der Waals surface area contributed by atoms with Crippen LogP contribution in [0.2, 0.25) is 20.1 Å². The molecule has 4 heterocycles. The number of aliphatic imine (C=N–C) groups is 2. The number of hydrogen-bond donors (Lipinski definition) is 2. The number of carbonyl (C=O) groups is 3. The second kappa shape index (κ2) is 20.2. The van der Waals surface area contributed by atoms with Crippen molar-refractivity contribution in [1.82, 2.24) is 20.3 Å². The van der Waals surface area contributed by atoms with Gasteiger partial charge in [0.25, 0.3) is 0 Å². The summed E-state index contributed by atoms with van der Waals surface area (Å²) in [5.74, 6) is -0.417. The summed E-state index contributed by atoms with van der Waals surface area (Å²) in [7, 11) is 0. The number of anilines is 1. The fourth-order valence-electron chi connectivity index (χ4n) is 6.26. The van der Waals surface area contributed by atoms with Gasteiger partial charge in [0.1, 0.15) is 18.7 Å². The molecule has 2 aromatic heterocycles. The molecule has 0 bridgehead atoms. The number of dihydropyridines is 2. The van der Waals surface area contributed by atoms with Gasteiger partial charge < -0.3 is 4.74 Å². The zero-order valence-corrected chi connectivity index (χ0v) is 37.6. The predicted molar refractivity (Wildman–Crippen MR) is 235 cm³/mol. The third-order valence-electron chi connectivity index (χ3n) is 9.28. The van der Waals surface area contributed by atoms with Crippen molar-refractivity contribution in [3.05, 3.63) is 117 Å². The number of benzene rings is 2. The van der Waals surface area contributed by atoms with Crippen LogP contribution < -0.4 is 16.4 Å². The van der Waals surface area contributed by atoms with E-state index in [-0.39, 0.29) is 48.9 Å². The Morgan fingerprint density at radius 1 is 0.721 bits per heavy atom. The lowest BCUT2D eigenvalue weighted by molar-refractivity contribution is -0.115. The first-order chi connectivity index (χ1) is 28.7. The molecule has 0 saturated heterocycles. The Morgan fingerprint density at radius 2 is 1.16 bits per heavy atom. The first-order valence-electron chi connectivity index (χ1n) is 19.3. The van der Waals surface area contributed by atoms with Crippen molar-refractivity contribution >= 4 is 81.2 Å². The van der Waals surface area contributed by atoms with E-state index in [4.69, 9.17) is 51.1 Å². The molecule has 0 aliphatic carbocycles. The molecule has 0 spiro atoms. The fraction of sp³-hybridized carbons (Fsp3) is 0.405. The van der Waals surface area contributed by atoms with Gasteiger partial charge in [-0.1, -0.05) is 84.4 Å². The molecule has 0 saturated carbocycles. The molecule has 2 aliphatic heterocycles. The lowest BCUT2D eigenvalue weighted by Gasteiger charge is -2.27. The number of carbonyl (C=O) groups excluding carboxylic acids is 3. The van der Waals surface area contributed by atoms with Crippen molar-refractivity contribution in [1.29, 1.82) is 0 Å². The summed E-state index contributed by atoms with van der Waals surface area (Å²) in [6.07, 6.45) is 4.85. The number of hydrogen-bond acceptors (Lipinski definition) is 12. The first kappa shape index (κ1) is 47.0. The number of allylic oxidation sites excluding steroid dienone is 2. The van der Waals surface area contributed by atoms with Crippen molar-refractivity contribution in [3.63, 3.8) is 0 Å². The van der Waals surface area contributed by atoms with Gasteiger partial charge in [0.05, 0.1) is 12.2 Å². The zero-order valence-electron chi connectivity index (χ0n) is 34.6. The average Bonchev–Trinajstić information content (AvgIpc) is 3.79. The second-order valence-corrected chi connectivity index (χ2v) is 17.5. The third-order valence-corrected chi connectivity index (χ3v) is 10.6. The summed E-state index contributed by atoms with van der Waals surface area (Å²) in [5.41, 5.74) is 4.89. The summed E-state index contributed by atoms with van der Waals surface area (Å²) >= 11 is 26.0. The number of Topliss-reactive ketones (excluding diaryl/α,β-unsaturated/α-hetero) is 2. The van der Waals surface area contributed by atoms with Crippen molar-refractivity contribution in [3.8, 4) is 0 Å². The summed E-state index contributed by atoms with van der Waals surface area (Å²) in [4.78, 5) is 74.1. The van der Waals surface area contributed by atoms with Crippen LogP contribution >= 0.6 is 46.4 Å². The maximum atomic E-state index is 12.9. The van der Waals surface area contributed by atoms with Crippen LogP contribution in [0, 0.1) is 11.8 Å². The highest BCUT2D eigenvalue weighted by atomic mass is 35.5. The van der Waals surface area contributed by atoms with Gasteiger partial charge in [-0.05, 0) is 92.1 Å². The minimum Gasteiger partial charge on any atom is -0.443 e. The molecule has 61 heavy (non-hydrogen) atoms. The third kappa shape index (κ3) is 13.0. The fourth-order valence-corrected chi connectivity index (χ4v) is 7.54. The van der Waals surface area contributed by atoms with Gasteiger partial charge in [-0.2, -0.15) is 0 Å². The normalized spacial score (nSPS) is 14.3. The summed E-state index contributed by atoms with van der Waals surface area (Å²) in [5, 5.41) is 8.97. The van der Waals surface area contributed by atoms with E-state index in [0.29, 0.717) is 74.1 Å². The molecule has 19 heteroatoms. The maximum Gasteiger partial charge on any atom is 0.438 e. The lowest BCUT2D eigenvalue weighted by Crippen LogP contribution is -2.37. The minimum atomic E-state index is -0.767. The number of aromatic amines is 2. The number of halogens is 4. The Balaban J connectivity index is 0.000000237. The average molecular weight is 918 g/mol. The number of aryl methyl sites for hydroxylation is 2. The molecule has 0 unspecified atom stereocenters. The van der Waals surface area contributed by atoms with Crippen LogP contribution in [0.3, 0.4) is 0 Å². The number of nitrogens with one attached hydrogen (secondary N) is 2. The van der Waals surface area contributed by atoms with Crippen LogP contribution in [0.1, 0.15) is 76.8 Å². The Hall–Kier alpha value is -5.09. The van der Waals surface area contributed by atoms with Gasteiger partial charge in [0.2, 0.25) is 0 Å². The zero-order chi connectivity index (χ0) is 44.8. The molecule has 15 nitrogen and oxygen atoms in total. The van der Waals surface area contributed by atoms with Gasteiger partial charge in [-0.15, -0.1) is 0 Å². The molecular formula is C42H45Cl4N7O8. The topological polar surface area (TPSA) is 206 Å². The SMILES string of the molecule is CC(C)C1=CC(Cc2c(Cl)cc(CCc3noc(=O)[nH]3)cc2Cl)=NCC1=O.CC(C)C1=CC(Cc2c(Cl)cc(N(Cc3noc(=O)[nH]3)C(=O)OC(C)(C)C)cc2Cl)=NCC1=O. The van der Waals surface area contributed by atoms with Crippen molar-refractivity contribution in [2.45, 2.75) is 86.3 Å². The Kier molecular flexibility index (Phi) is 15.5. The van der Waals surface area contributed by atoms with Gasteiger partial charge in [0, 0.05) is 61.9 Å². The highest BCUT2D eigenvalue weighted by Crippen LogP contribution is 2.34. The molecule has 324 valence electrons. The molecular weight excluding hydrogens is 872 g/mol. The first-order valence-corrected chi connectivity index (χ1v) is 20.8. The molecule has 0 radical (unpaired) electrons. The molecule has 1 amide bonds. The van der Waals surface area contributed by atoms with E-state index < -0.39 is 23.2 Å². The number of aromatic nitrogens is 4. The minimum absolute atomic E-state index is 0.00481. The number of H-pyrrole nitrogens is 2. The largest absolute Gasteiger partial charge is 0.443 e.